The maximum absolute atomic E-state index is 5.73. The minimum Gasteiger partial charge on any atom is -0.493 e. The van der Waals surface area contributed by atoms with Gasteiger partial charge in [-0.2, -0.15) is 0 Å². The van der Waals surface area contributed by atoms with Gasteiger partial charge >= 0.3 is 0 Å². The normalized spacial score (nSPS) is 15.9. The molecule has 1 fully saturated rings. The Labute approximate surface area is 156 Å². The topological polar surface area (TPSA) is 46.9 Å². The predicted molar refractivity (Wildman–Crippen MR) is 103 cm³/mol. The van der Waals surface area contributed by atoms with Gasteiger partial charge in [0.15, 0.2) is 11.5 Å². The van der Waals surface area contributed by atoms with Crippen LogP contribution in [0.15, 0.2) is 41.0 Å². The van der Waals surface area contributed by atoms with Crippen molar-refractivity contribution in [3.63, 3.8) is 0 Å². The van der Waals surface area contributed by atoms with Crippen molar-refractivity contribution in [1.29, 1.82) is 0 Å². The first-order valence-electron chi connectivity index (χ1n) is 9.59. The van der Waals surface area contributed by atoms with Crippen LogP contribution in [0, 0.1) is 0 Å². The van der Waals surface area contributed by atoms with E-state index in [1.54, 1.807) is 13.4 Å². The van der Waals surface area contributed by atoms with Crippen LogP contribution in [-0.4, -0.2) is 38.3 Å². The summed E-state index contributed by atoms with van der Waals surface area (Å²) in [7, 11) is 1.69. The van der Waals surface area contributed by atoms with Crippen LogP contribution < -0.4 is 14.8 Å². The van der Waals surface area contributed by atoms with Crippen LogP contribution in [-0.2, 0) is 6.54 Å². The first-order valence-corrected chi connectivity index (χ1v) is 9.59. The average Bonchev–Trinajstić information content (AvgIpc) is 3.38. The van der Waals surface area contributed by atoms with E-state index in [-0.39, 0.29) is 0 Å². The van der Waals surface area contributed by atoms with Gasteiger partial charge in [-0.05, 0) is 62.2 Å². The zero-order valence-electron chi connectivity index (χ0n) is 15.9. The number of methoxy groups -OCH3 is 1. The van der Waals surface area contributed by atoms with Crippen LogP contribution in [0.2, 0.25) is 0 Å². The van der Waals surface area contributed by atoms with E-state index >= 15 is 0 Å². The molecule has 5 nitrogen and oxygen atoms in total. The summed E-state index contributed by atoms with van der Waals surface area (Å²) >= 11 is 0. The van der Waals surface area contributed by atoms with Gasteiger partial charge in [0.25, 0.3) is 0 Å². The molecular formula is C21H30N2O3. The van der Waals surface area contributed by atoms with Gasteiger partial charge in [-0.1, -0.05) is 13.0 Å². The van der Waals surface area contributed by atoms with E-state index < -0.39 is 0 Å². The summed E-state index contributed by atoms with van der Waals surface area (Å²) in [5, 5.41) is 3.58. The Bertz CT molecular complexity index is 651. The van der Waals surface area contributed by atoms with E-state index in [0.717, 1.165) is 49.9 Å². The maximum atomic E-state index is 5.73. The van der Waals surface area contributed by atoms with Crippen LogP contribution in [0.5, 0.6) is 11.5 Å². The number of nitrogens with one attached hydrogen (secondary N) is 1. The summed E-state index contributed by atoms with van der Waals surface area (Å²) in [4.78, 5) is 2.51. The van der Waals surface area contributed by atoms with Crippen molar-refractivity contribution < 1.29 is 13.9 Å². The lowest BCUT2D eigenvalue weighted by Gasteiger charge is -2.26. The zero-order chi connectivity index (χ0) is 18.2. The van der Waals surface area contributed by atoms with E-state index in [4.69, 9.17) is 13.9 Å². The van der Waals surface area contributed by atoms with E-state index in [1.807, 2.05) is 12.1 Å². The highest BCUT2D eigenvalue weighted by molar-refractivity contribution is 5.42. The van der Waals surface area contributed by atoms with Crippen molar-refractivity contribution in [2.24, 2.45) is 0 Å². The van der Waals surface area contributed by atoms with Gasteiger partial charge in [-0.25, -0.2) is 0 Å². The van der Waals surface area contributed by atoms with Gasteiger partial charge in [-0.15, -0.1) is 0 Å². The van der Waals surface area contributed by atoms with E-state index in [0.29, 0.717) is 12.6 Å². The molecule has 1 aliphatic rings. The van der Waals surface area contributed by atoms with Gasteiger partial charge in [0.2, 0.25) is 0 Å². The van der Waals surface area contributed by atoms with Crippen molar-refractivity contribution >= 4 is 0 Å². The molecule has 0 radical (unpaired) electrons. The van der Waals surface area contributed by atoms with E-state index in [9.17, 15) is 0 Å². The fraction of sp³-hybridized carbons (Fsp3) is 0.524. The molecule has 0 amide bonds. The fourth-order valence-corrected chi connectivity index (χ4v) is 3.45. The van der Waals surface area contributed by atoms with Crippen molar-refractivity contribution in [2.75, 3.05) is 33.4 Å². The van der Waals surface area contributed by atoms with Crippen molar-refractivity contribution in [3.8, 4) is 11.5 Å². The highest BCUT2D eigenvalue weighted by Gasteiger charge is 2.25. The van der Waals surface area contributed by atoms with Gasteiger partial charge in [-0.3, -0.25) is 4.90 Å². The Morgan fingerprint density at radius 3 is 2.73 bits per heavy atom. The molecular weight excluding hydrogens is 328 g/mol. The molecule has 142 valence electrons. The molecule has 2 heterocycles. The van der Waals surface area contributed by atoms with Gasteiger partial charge in [0.1, 0.15) is 5.76 Å². The Kier molecular flexibility index (Phi) is 6.97. The number of benzene rings is 1. The molecule has 26 heavy (non-hydrogen) atoms. The van der Waals surface area contributed by atoms with Crippen LogP contribution >= 0.6 is 0 Å². The Morgan fingerprint density at radius 2 is 2.04 bits per heavy atom. The molecule has 1 aromatic carbocycles. The molecule has 0 spiro atoms. The molecule has 1 N–H and O–H groups in total. The number of ether oxygens (including phenoxy) is 2. The molecule has 1 saturated heterocycles. The second kappa shape index (κ2) is 9.64. The minimum atomic E-state index is 0.293. The van der Waals surface area contributed by atoms with Gasteiger partial charge in [0.05, 0.1) is 26.0 Å². The number of hydrogen-bond acceptors (Lipinski definition) is 5. The summed E-state index contributed by atoms with van der Waals surface area (Å²) in [5.41, 5.74) is 1.19. The fourth-order valence-electron chi connectivity index (χ4n) is 3.45. The molecule has 1 unspecified atom stereocenters. The molecule has 5 heteroatoms. The Hall–Kier alpha value is -1.98. The van der Waals surface area contributed by atoms with Crippen molar-refractivity contribution in [2.45, 2.75) is 38.8 Å². The van der Waals surface area contributed by atoms with E-state index in [2.05, 4.69) is 35.3 Å². The van der Waals surface area contributed by atoms with Crippen molar-refractivity contribution in [1.82, 2.24) is 10.2 Å². The predicted octanol–water partition coefficient (Wildman–Crippen LogP) is 4.00. The molecule has 0 aliphatic carbocycles. The molecule has 2 aromatic rings. The lowest BCUT2D eigenvalue weighted by Crippen LogP contribution is -2.33. The summed E-state index contributed by atoms with van der Waals surface area (Å²) in [5.74, 6) is 2.64. The largest absolute Gasteiger partial charge is 0.493 e. The highest BCUT2D eigenvalue weighted by atomic mass is 16.5. The number of nitrogens with zero attached hydrogens (tertiary/aromatic N) is 1. The van der Waals surface area contributed by atoms with Crippen LogP contribution in [0.4, 0.5) is 0 Å². The summed E-state index contributed by atoms with van der Waals surface area (Å²) in [6, 6.07) is 10.5. The summed E-state index contributed by atoms with van der Waals surface area (Å²) < 4.78 is 16.9. The molecule has 1 aromatic heterocycles. The lowest BCUT2D eigenvalue weighted by molar-refractivity contribution is 0.209. The third kappa shape index (κ3) is 4.80. The van der Waals surface area contributed by atoms with Gasteiger partial charge < -0.3 is 19.2 Å². The second-order valence-electron chi connectivity index (χ2n) is 6.74. The Morgan fingerprint density at radius 1 is 1.19 bits per heavy atom. The van der Waals surface area contributed by atoms with Gasteiger partial charge in [0, 0.05) is 13.1 Å². The minimum absolute atomic E-state index is 0.293. The number of furan rings is 1. The SMILES string of the molecule is CCCOc1ccc(CNCC(c2ccco2)N2CCCC2)cc1OC. The standard InChI is InChI=1S/C21H30N2O3/c1-3-12-25-20-9-8-17(14-21(20)24-2)15-22-16-18(19-7-6-13-26-19)23-10-4-5-11-23/h6-9,13-14,18,22H,3-5,10-12,15-16H2,1-2H3. The highest BCUT2D eigenvalue weighted by Crippen LogP contribution is 2.29. The number of hydrogen-bond donors (Lipinski definition) is 1. The first-order chi connectivity index (χ1) is 12.8. The molecule has 0 saturated carbocycles. The summed E-state index contributed by atoms with van der Waals surface area (Å²) in [6.45, 7) is 6.74. The third-order valence-corrected chi connectivity index (χ3v) is 4.81. The maximum Gasteiger partial charge on any atom is 0.161 e. The quantitative estimate of drug-likeness (QED) is 0.695. The average molecular weight is 358 g/mol. The first kappa shape index (κ1) is 18.8. The third-order valence-electron chi connectivity index (χ3n) is 4.81. The van der Waals surface area contributed by atoms with E-state index in [1.165, 1.54) is 18.4 Å². The van der Waals surface area contributed by atoms with Crippen molar-refractivity contribution in [3.05, 3.63) is 47.9 Å². The molecule has 1 atom stereocenters. The Balaban J connectivity index is 1.58. The molecule has 1 aliphatic heterocycles. The lowest BCUT2D eigenvalue weighted by atomic mass is 10.1. The van der Waals surface area contributed by atoms with Crippen LogP contribution in [0.25, 0.3) is 0 Å². The smallest absolute Gasteiger partial charge is 0.161 e. The zero-order valence-corrected chi connectivity index (χ0v) is 15.9. The summed E-state index contributed by atoms with van der Waals surface area (Å²) in [6.07, 6.45) is 5.29. The second-order valence-corrected chi connectivity index (χ2v) is 6.74. The monoisotopic (exact) mass is 358 g/mol. The van der Waals surface area contributed by atoms with Crippen LogP contribution in [0.1, 0.15) is 43.6 Å². The van der Waals surface area contributed by atoms with Crippen LogP contribution in [0.3, 0.4) is 0 Å². The number of rotatable bonds is 10. The number of likely N-dealkylation sites (tertiary alicyclic amines) is 1. The molecule has 3 rings (SSSR count). The molecule has 0 bridgehead atoms.